The molecule has 1 saturated carbocycles. The molecule has 1 atom stereocenters. The summed E-state index contributed by atoms with van der Waals surface area (Å²) < 4.78 is 11.2. The maximum absolute atomic E-state index is 6.16. The second-order valence-electron chi connectivity index (χ2n) is 5.44. The summed E-state index contributed by atoms with van der Waals surface area (Å²) in [4.78, 5) is 0. The molecule has 0 amide bonds. The van der Waals surface area contributed by atoms with Gasteiger partial charge in [0.1, 0.15) is 5.75 Å². The molecule has 1 unspecified atom stereocenters. The van der Waals surface area contributed by atoms with E-state index in [9.17, 15) is 0 Å². The molecule has 20 heavy (non-hydrogen) atoms. The van der Waals surface area contributed by atoms with Crippen molar-refractivity contribution in [1.82, 2.24) is 5.32 Å². The molecule has 0 aromatic heterocycles. The van der Waals surface area contributed by atoms with E-state index in [2.05, 4.69) is 12.2 Å². The van der Waals surface area contributed by atoms with Gasteiger partial charge in [-0.3, -0.25) is 0 Å². The summed E-state index contributed by atoms with van der Waals surface area (Å²) in [6.45, 7) is 3.02. The van der Waals surface area contributed by atoms with E-state index in [1.165, 1.54) is 6.42 Å². The Balaban J connectivity index is 2.25. The molecule has 0 bridgehead atoms. The van der Waals surface area contributed by atoms with Gasteiger partial charge in [-0.05, 0) is 50.4 Å². The maximum Gasteiger partial charge on any atom is 0.123 e. The molecular weight excluding hydrogens is 274 g/mol. The van der Waals surface area contributed by atoms with Crippen molar-refractivity contribution in [3.05, 3.63) is 28.8 Å². The van der Waals surface area contributed by atoms with E-state index in [0.717, 1.165) is 42.1 Å². The van der Waals surface area contributed by atoms with Gasteiger partial charge in [-0.15, -0.1) is 0 Å². The molecule has 0 heterocycles. The normalized spacial score (nSPS) is 18.4. The number of nitrogens with one attached hydrogen (secondary N) is 1. The number of hydrogen-bond donors (Lipinski definition) is 1. The highest BCUT2D eigenvalue weighted by atomic mass is 35.5. The minimum atomic E-state index is 0.0141. The molecule has 3 nitrogen and oxygen atoms in total. The first-order valence-electron chi connectivity index (χ1n) is 7.26. The average molecular weight is 298 g/mol. The van der Waals surface area contributed by atoms with Crippen molar-refractivity contribution < 1.29 is 9.47 Å². The molecule has 1 aromatic carbocycles. The van der Waals surface area contributed by atoms with Gasteiger partial charge < -0.3 is 14.8 Å². The quantitative estimate of drug-likeness (QED) is 0.826. The lowest BCUT2D eigenvalue weighted by atomic mass is 9.74. The monoisotopic (exact) mass is 297 g/mol. The fourth-order valence-corrected chi connectivity index (χ4v) is 3.13. The van der Waals surface area contributed by atoms with Gasteiger partial charge in [0.15, 0.2) is 0 Å². The van der Waals surface area contributed by atoms with Crippen LogP contribution in [0, 0.1) is 0 Å². The summed E-state index contributed by atoms with van der Waals surface area (Å²) in [6, 6.07) is 5.99. The Morgan fingerprint density at radius 3 is 2.60 bits per heavy atom. The van der Waals surface area contributed by atoms with Crippen LogP contribution in [-0.2, 0) is 4.74 Å². The Hall–Kier alpha value is -0.770. The fourth-order valence-electron chi connectivity index (χ4n) is 2.95. The standard InChI is InChI=1S/C16H24ClNO2/c1-4-18-14(11-16(20-3)8-5-9-16)13-10-12(17)6-7-15(13)19-2/h6-7,10,14,18H,4-5,8-9,11H2,1-3H3. The summed E-state index contributed by atoms with van der Waals surface area (Å²) in [6.07, 6.45) is 4.47. The van der Waals surface area contributed by atoms with Crippen molar-refractivity contribution in [1.29, 1.82) is 0 Å². The van der Waals surface area contributed by atoms with Gasteiger partial charge in [0.2, 0.25) is 0 Å². The molecule has 1 aromatic rings. The molecule has 0 aliphatic heterocycles. The number of rotatable bonds is 7. The van der Waals surface area contributed by atoms with Gasteiger partial charge in [-0.2, -0.15) is 0 Å². The van der Waals surface area contributed by atoms with Gasteiger partial charge in [-0.25, -0.2) is 0 Å². The summed E-state index contributed by atoms with van der Waals surface area (Å²) >= 11 is 6.16. The number of hydrogen-bond acceptors (Lipinski definition) is 3. The van der Waals surface area contributed by atoms with Crippen LogP contribution in [0.25, 0.3) is 0 Å². The highest BCUT2D eigenvalue weighted by molar-refractivity contribution is 6.30. The number of benzene rings is 1. The van der Waals surface area contributed by atoms with Crippen molar-refractivity contribution in [2.45, 2.75) is 44.2 Å². The highest BCUT2D eigenvalue weighted by Gasteiger charge is 2.39. The molecule has 4 heteroatoms. The van der Waals surface area contributed by atoms with Crippen LogP contribution in [0.1, 0.15) is 44.2 Å². The Bertz CT molecular complexity index is 441. The zero-order chi connectivity index (χ0) is 14.6. The number of halogens is 1. The summed E-state index contributed by atoms with van der Waals surface area (Å²) in [5, 5.41) is 4.28. The fraction of sp³-hybridized carbons (Fsp3) is 0.625. The predicted molar refractivity (Wildman–Crippen MR) is 82.6 cm³/mol. The minimum absolute atomic E-state index is 0.0141. The van der Waals surface area contributed by atoms with E-state index in [0.29, 0.717) is 0 Å². The van der Waals surface area contributed by atoms with E-state index in [1.54, 1.807) is 7.11 Å². The van der Waals surface area contributed by atoms with E-state index < -0.39 is 0 Å². The van der Waals surface area contributed by atoms with Crippen LogP contribution in [0.4, 0.5) is 0 Å². The third-order valence-electron chi connectivity index (χ3n) is 4.29. The maximum atomic E-state index is 6.16. The van der Waals surface area contributed by atoms with Crippen LogP contribution in [0.15, 0.2) is 18.2 Å². The van der Waals surface area contributed by atoms with Gasteiger partial charge in [0, 0.05) is 23.7 Å². The van der Waals surface area contributed by atoms with Crippen LogP contribution in [0.2, 0.25) is 5.02 Å². The molecule has 1 N–H and O–H groups in total. The lowest BCUT2D eigenvalue weighted by Crippen LogP contribution is -2.43. The van der Waals surface area contributed by atoms with Crippen LogP contribution >= 0.6 is 11.6 Å². The molecule has 0 spiro atoms. The number of methoxy groups -OCH3 is 2. The van der Waals surface area contributed by atoms with Crippen molar-refractivity contribution in [2.75, 3.05) is 20.8 Å². The van der Waals surface area contributed by atoms with Crippen molar-refractivity contribution in [2.24, 2.45) is 0 Å². The number of ether oxygens (including phenoxy) is 2. The molecule has 2 rings (SSSR count). The molecule has 1 aliphatic carbocycles. The molecule has 112 valence electrons. The Kier molecular flexibility index (Phi) is 5.30. The van der Waals surface area contributed by atoms with Gasteiger partial charge in [-0.1, -0.05) is 18.5 Å². The first kappa shape index (κ1) is 15.6. The third-order valence-corrected chi connectivity index (χ3v) is 4.53. The van der Waals surface area contributed by atoms with Crippen molar-refractivity contribution in [3.63, 3.8) is 0 Å². The molecule has 0 radical (unpaired) electrons. The third kappa shape index (κ3) is 3.27. The van der Waals surface area contributed by atoms with Crippen molar-refractivity contribution >= 4 is 11.6 Å². The largest absolute Gasteiger partial charge is 0.496 e. The summed E-state index contributed by atoms with van der Waals surface area (Å²) in [5.74, 6) is 0.880. The van der Waals surface area contributed by atoms with Crippen LogP contribution < -0.4 is 10.1 Å². The predicted octanol–water partition coefficient (Wildman–Crippen LogP) is 3.96. The van der Waals surface area contributed by atoms with Gasteiger partial charge in [0.25, 0.3) is 0 Å². The molecule has 1 aliphatic rings. The molecule has 1 fully saturated rings. The second kappa shape index (κ2) is 6.79. The minimum Gasteiger partial charge on any atom is -0.496 e. The molecule has 0 saturated heterocycles. The first-order chi connectivity index (χ1) is 9.64. The Morgan fingerprint density at radius 1 is 1.35 bits per heavy atom. The first-order valence-corrected chi connectivity index (χ1v) is 7.64. The lowest BCUT2D eigenvalue weighted by molar-refractivity contribution is -0.0838. The zero-order valence-electron chi connectivity index (χ0n) is 12.5. The Morgan fingerprint density at radius 2 is 2.10 bits per heavy atom. The SMILES string of the molecule is CCNC(CC1(OC)CCC1)c1cc(Cl)ccc1OC. The highest BCUT2D eigenvalue weighted by Crippen LogP contribution is 2.43. The Labute approximate surface area is 126 Å². The van der Waals surface area contributed by atoms with Gasteiger partial charge >= 0.3 is 0 Å². The smallest absolute Gasteiger partial charge is 0.123 e. The summed E-state index contributed by atoms with van der Waals surface area (Å²) in [5.41, 5.74) is 1.13. The zero-order valence-corrected chi connectivity index (χ0v) is 13.3. The van der Waals surface area contributed by atoms with E-state index in [4.69, 9.17) is 21.1 Å². The van der Waals surface area contributed by atoms with E-state index >= 15 is 0 Å². The second-order valence-corrected chi connectivity index (χ2v) is 5.88. The van der Waals surface area contributed by atoms with Crippen LogP contribution in [0.5, 0.6) is 5.75 Å². The van der Waals surface area contributed by atoms with Crippen molar-refractivity contribution in [3.8, 4) is 5.75 Å². The topological polar surface area (TPSA) is 30.5 Å². The van der Waals surface area contributed by atoms with Gasteiger partial charge in [0.05, 0.1) is 12.7 Å². The van der Waals surface area contributed by atoms with Crippen LogP contribution in [0.3, 0.4) is 0 Å². The van der Waals surface area contributed by atoms with Crippen LogP contribution in [-0.4, -0.2) is 26.4 Å². The van der Waals surface area contributed by atoms with E-state index in [-0.39, 0.29) is 11.6 Å². The van der Waals surface area contributed by atoms with E-state index in [1.807, 2.05) is 25.3 Å². The average Bonchev–Trinajstić information content (AvgIpc) is 2.41. The lowest BCUT2D eigenvalue weighted by Gasteiger charge is -2.43. The molecular formula is C16H24ClNO2. The summed E-state index contributed by atoms with van der Waals surface area (Å²) in [7, 11) is 3.52.